The molecule has 0 saturated carbocycles. The summed E-state index contributed by atoms with van der Waals surface area (Å²) in [4.78, 5) is 29.2. The fourth-order valence-electron chi connectivity index (χ4n) is 1.91. The summed E-state index contributed by atoms with van der Waals surface area (Å²) in [6, 6.07) is 9.91. The lowest BCUT2D eigenvalue weighted by Gasteiger charge is -2.11. The van der Waals surface area contributed by atoms with Crippen LogP contribution in [-0.4, -0.2) is 20.9 Å². The minimum atomic E-state index is -4.32. The number of benzene rings is 2. The second-order valence-corrected chi connectivity index (χ2v) is 5.59. The van der Waals surface area contributed by atoms with Crippen LogP contribution in [0.1, 0.15) is 15.9 Å². The van der Waals surface area contributed by atoms with Gasteiger partial charge in [0.25, 0.3) is 0 Å². The number of hydrogen-bond donors (Lipinski definition) is 3. The van der Waals surface area contributed by atoms with E-state index in [9.17, 15) is 9.36 Å². The van der Waals surface area contributed by atoms with E-state index in [1.807, 2.05) is 0 Å². The average Bonchev–Trinajstić information content (AvgIpc) is 2.27. The molecule has 3 N–H and O–H groups in total. The Hall–Kier alpha value is -1.68. The Balaban J connectivity index is 2.74. The van der Waals surface area contributed by atoms with Gasteiger partial charge in [0.2, 0.25) is 0 Å². The molecule has 94 valence electrons. The van der Waals surface area contributed by atoms with Crippen LogP contribution in [0.3, 0.4) is 0 Å². The molecule has 0 aliphatic carbocycles. The first-order valence-corrected chi connectivity index (χ1v) is 6.97. The SMILES string of the molecule is O=C(O)c1ccc2ccccc2c1CP(=O)(O)O. The van der Waals surface area contributed by atoms with Gasteiger partial charge in [0.15, 0.2) is 0 Å². The summed E-state index contributed by atoms with van der Waals surface area (Å²) in [5.74, 6) is -1.19. The molecule has 0 aliphatic rings. The van der Waals surface area contributed by atoms with Crippen molar-refractivity contribution < 1.29 is 24.3 Å². The second kappa shape index (κ2) is 4.53. The van der Waals surface area contributed by atoms with Crippen molar-refractivity contribution in [3.05, 3.63) is 47.5 Å². The molecule has 0 aliphatic heterocycles. The van der Waals surface area contributed by atoms with Gasteiger partial charge in [-0.15, -0.1) is 0 Å². The van der Waals surface area contributed by atoms with E-state index in [4.69, 9.17) is 14.9 Å². The van der Waals surface area contributed by atoms with Gasteiger partial charge in [0.05, 0.1) is 11.7 Å². The summed E-state index contributed by atoms with van der Waals surface area (Å²) in [6.45, 7) is 0. The largest absolute Gasteiger partial charge is 0.478 e. The van der Waals surface area contributed by atoms with Crippen molar-refractivity contribution in [1.82, 2.24) is 0 Å². The van der Waals surface area contributed by atoms with Gasteiger partial charge in [-0.1, -0.05) is 30.3 Å². The van der Waals surface area contributed by atoms with Gasteiger partial charge in [-0.3, -0.25) is 4.57 Å². The van der Waals surface area contributed by atoms with Crippen LogP contribution in [-0.2, 0) is 10.7 Å². The zero-order chi connectivity index (χ0) is 13.3. The van der Waals surface area contributed by atoms with E-state index in [0.717, 1.165) is 5.39 Å². The standard InChI is InChI=1S/C12H11O5P/c13-12(14)10-6-5-8-3-1-2-4-9(8)11(10)7-18(15,16)17/h1-6H,7H2,(H,13,14)(H2,15,16,17). The summed E-state index contributed by atoms with van der Waals surface area (Å²) >= 11 is 0. The number of rotatable bonds is 3. The quantitative estimate of drug-likeness (QED) is 0.740. The van der Waals surface area contributed by atoms with Gasteiger partial charge in [-0.25, -0.2) is 4.79 Å². The maximum Gasteiger partial charge on any atom is 0.336 e. The summed E-state index contributed by atoms with van der Waals surface area (Å²) in [5.41, 5.74) is 0.103. The van der Waals surface area contributed by atoms with Crippen molar-refractivity contribution in [3.63, 3.8) is 0 Å². The molecule has 0 aromatic heterocycles. The second-order valence-electron chi connectivity index (χ2n) is 3.94. The molecule has 0 bridgehead atoms. The molecule has 0 spiro atoms. The third-order valence-corrected chi connectivity index (χ3v) is 3.36. The van der Waals surface area contributed by atoms with Gasteiger partial charge < -0.3 is 14.9 Å². The minimum Gasteiger partial charge on any atom is -0.478 e. The van der Waals surface area contributed by atoms with E-state index in [2.05, 4.69) is 0 Å². The number of carboxylic acids is 1. The highest BCUT2D eigenvalue weighted by atomic mass is 31.2. The maximum atomic E-state index is 11.1. The van der Waals surface area contributed by atoms with E-state index < -0.39 is 19.7 Å². The molecule has 0 fully saturated rings. The highest BCUT2D eigenvalue weighted by Crippen LogP contribution is 2.42. The van der Waals surface area contributed by atoms with Crippen LogP contribution < -0.4 is 0 Å². The molecule has 2 rings (SSSR count). The van der Waals surface area contributed by atoms with Gasteiger partial charge >= 0.3 is 13.6 Å². The smallest absolute Gasteiger partial charge is 0.336 e. The third-order valence-electron chi connectivity index (χ3n) is 2.64. The van der Waals surface area contributed by atoms with Crippen LogP contribution in [0, 0.1) is 0 Å². The Morgan fingerprint density at radius 2 is 1.78 bits per heavy atom. The predicted molar refractivity (Wildman–Crippen MR) is 66.7 cm³/mol. The monoisotopic (exact) mass is 266 g/mol. The van der Waals surface area contributed by atoms with Crippen LogP contribution in [0.4, 0.5) is 0 Å². The van der Waals surface area contributed by atoms with E-state index in [0.29, 0.717) is 5.39 Å². The van der Waals surface area contributed by atoms with Crippen LogP contribution >= 0.6 is 7.60 Å². The van der Waals surface area contributed by atoms with E-state index >= 15 is 0 Å². The van der Waals surface area contributed by atoms with Crippen molar-refractivity contribution in [1.29, 1.82) is 0 Å². The first kappa shape index (κ1) is 12.8. The molecule has 2 aromatic carbocycles. The van der Waals surface area contributed by atoms with Crippen molar-refractivity contribution in [2.45, 2.75) is 6.16 Å². The fraction of sp³-hybridized carbons (Fsp3) is 0.0833. The molecular formula is C12H11O5P. The van der Waals surface area contributed by atoms with Gasteiger partial charge in [0, 0.05) is 0 Å². The number of fused-ring (bicyclic) bond motifs is 1. The predicted octanol–water partition coefficient (Wildman–Crippen LogP) is 2.22. The summed E-state index contributed by atoms with van der Waals surface area (Å²) in [7, 11) is -4.32. The summed E-state index contributed by atoms with van der Waals surface area (Å²) in [6.07, 6.45) is -0.573. The van der Waals surface area contributed by atoms with E-state index in [-0.39, 0.29) is 11.1 Å². The Kier molecular flexibility index (Phi) is 3.22. The zero-order valence-corrected chi connectivity index (χ0v) is 10.2. The Morgan fingerprint density at radius 3 is 2.39 bits per heavy atom. The lowest BCUT2D eigenvalue weighted by Crippen LogP contribution is -2.03. The van der Waals surface area contributed by atoms with Gasteiger partial charge in [-0.05, 0) is 22.4 Å². The lowest BCUT2D eigenvalue weighted by molar-refractivity contribution is 0.0696. The van der Waals surface area contributed by atoms with Crippen LogP contribution in [0.2, 0.25) is 0 Å². The van der Waals surface area contributed by atoms with Crippen LogP contribution in [0.5, 0.6) is 0 Å². The van der Waals surface area contributed by atoms with Crippen LogP contribution in [0.15, 0.2) is 36.4 Å². The molecular weight excluding hydrogens is 255 g/mol. The summed E-state index contributed by atoms with van der Waals surface area (Å²) in [5, 5.41) is 10.4. The highest BCUT2D eigenvalue weighted by molar-refractivity contribution is 7.50. The zero-order valence-electron chi connectivity index (χ0n) is 9.28. The fourth-order valence-corrected chi connectivity index (χ4v) is 2.67. The number of carboxylic acid groups (broad SMARTS) is 1. The van der Waals surface area contributed by atoms with Gasteiger partial charge in [0.1, 0.15) is 0 Å². The maximum absolute atomic E-state index is 11.1. The number of hydrogen-bond acceptors (Lipinski definition) is 2. The average molecular weight is 266 g/mol. The topological polar surface area (TPSA) is 94.8 Å². The molecule has 0 heterocycles. The van der Waals surface area contributed by atoms with E-state index in [1.54, 1.807) is 30.3 Å². The molecule has 0 saturated heterocycles. The third kappa shape index (κ3) is 2.59. The molecule has 0 radical (unpaired) electrons. The molecule has 2 aromatic rings. The van der Waals surface area contributed by atoms with Crippen molar-refractivity contribution in [2.75, 3.05) is 0 Å². The first-order chi connectivity index (χ1) is 8.38. The lowest BCUT2D eigenvalue weighted by atomic mass is 10.0. The van der Waals surface area contributed by atoms with Gasteiger partial charge in [-0.2, -0.15) is 0 Å². The first-order valence-electron chi connectivity index (χ1n) is 5.17. The molecule has 0 amide bonds. The Labute approximate surface area is 103 Å². The van der Waals surface area contributed by atoms with Crippen molar-refractivity contribution >= 4 is 24.3 Å². The Bertz CT molecular complexity index is 659. The number of carbonyl (C=O) groups is 1. The number of aromatic carboxylic acids is 1. The highest BCUT2D eigenvalue weighted by Gasteiger charge is 2.21. The summed E-state index contributed by atoms with van der Waals surface area (Å²) < 4.78 is 11.1. The minimum absolute atomic E-state index is 0.0722. The normalized spacial score (nSPS) is 11.7. The molecule has 0 atom stereocenters. The van der Waals surface area contributed by atoms with Crippen molar-refractivity contribution in [2.24, 2.45) is 0 Å². The molecule has 5 nitrogen and oxygen atoms in total. The van der Waals surface area contributed by atoms with Crippen molar-refractivity contribution in [3.8, 4) is 0 Å². The molecule has 0 unspecified atom stereocenters. The Morgan fingerprint density at radius 1 is 1.11 bits per heavy atom. The molecule has 6 heteroatoms. The van der Waals surface area contributed by atoms with E-state index in [1.165, 1.54) is 6.07 Å². The van der Waals surface area contributed by atoms with Crippen LogP contribution in [0.25, 0.3) is 10.8 Å². The molecule has 18 heavy (non-hydrogen) atoms.